The predicted octanol–water partition coefficient (Wildman–Crippen LogP) is 3.14. The first-order valence-corrected chi connectivity index (χ1v) is 7.88. The zero-order valence-corrected chi connectivity index (χ0v) is 13.9. The molecule has 1 amide bonds. The van der Waals surface area contributed by atoms with Gasteiger partial charge < -0.3 is 20.7 Å². The Balaban J connectivity index is 2.59. The Morgan fingerprint density at radius 1 is 1.04 bits per heavy atom. The van der Waals surface area contributed by atoms with Crippen molar-refractivity contribution in [2.24, 2.45) is 5.73 Å². The molecule has 0 aliphatic rings. The zero-order chi connectivity index (χ0) is 18.6. The van der Waals surface area contributed by atoms with Crippen LogP contribution in [0.2, 0.25) is 0 Å². The van der Waals surface area contributed by atoms with E-state index in [0.717, 1.165) is 17.8 Å². The average Bonchev–Trinajstić information content (AvgIpc) is 2.54. The molecular weight excluding hydrogens is 346 g/mol. The predicted molar refractivity (Wildman–Crippen MR) is 90.7 cm³/mol. The molecule has 0 heterocycles. The number of benzene rings is 2. The molecule has 7 nitrogen and oxygen atoms in total. The van der Waals surface area contributed by atoms with Gasteiger partial charge in [0.15, 0.2) is 4.93 Å². The molecule has 8 heteroatoms. The lowest BCUT2D eigenvalue weighted by Crippen LogP contribution is -2.31. The van der Waals surface area contributed by atoms with Crippen LogP contribution >= 0.6 is 11.8 Å². The quantitative estimate of drug-likeness (QED) is 0.533. The Morgan fingerprint density at radius 2 is 1.68 bits per heavy atom. The number of aromatic carboxylic acids is 2. The average molecular weight is 361 g/mol. The molecule has 0 radical (unpaired) electrons. The SMILES string of the molecule is CC(OC(N)=O)(Sc1ccccc1)c1ccc(C(=O)O)cc1C(=O)O. The summed E-state index contributed by atoms with van der Waals surface area (Å²) in [5.41, 5.74) is 4.81. The molecule has 2 aromatic rings. The molecule has 130 valence electrons. The van der Waals surface area contributed by atoms with E-state index in [0.29, 0.717) is 4.90 Å². The molecular formula is C17H15NO6S. The second kappa shape index (κ2) is 7.27. The van der Waals surface area contributed by atoms with E-state index in [4.69, 9.17) is 15.6 Å². The molecule has 0 aliphatic carbocycles. The Morgan fingerprint density at radius 3 is 2.20 bits per heavy atom. The Labute approximate surface area is 147 Å². The molecule has 4 N–H and O–H groups in total. The van der Waals surface area contributed by atoms with Crippen molar-refractivity contribution in [3.05, 3.63) is 65.2 Å². The van der Waals surface area contributed by atoms with Crippen LogP contribution in [0.1, 0.15) is 33.2 Å². The fourth-order valence-electron chi connectivity index (χ4n) is 2.29. The largest absolute Gasteiger partial charge is 0.478 e. The van der Waals surface area contributed by atoms with E-state index in [9.17, 15) is 19.5 Å². The lowest BCUT2D eigenvalue weighted by atomic mass is 9.99. The Hall–Kier alpha value is -3.00. The molecule has 0 saturated heterocycles. The van der Waals surface area contributed by atoms with Crippen molar-refractivity contribution >= 4 is 29.8 Å². The van der Waals surface area contributed by atoms with Crippen LogP contribution in [0.25, 0.3) is 0 Å². The molecule has 0 saturated carbocycles. The van der Waals surface area contributed by atoms with Crippen molar-refractivity contribution in [3.63, 3.8) is 0 Å². The number of rotatable bonds is 6. The van der Waals surface area contributed by atoms with Gasteiger partial charge in [0.2, 0.25) is 0 Å². The summed E-state index contributed by atoms with van der Waals surface area (Å²) >= 11 is 1.08. The lowest BCUT2D eigenvalue weighted by Gasteiger charge is -2.30. The second-order valence-corrected chi connectivity index (χ2v) is 6.61. The third kappa shape index (κ3) is 4.30. The van der Waals surface area contributed by atoms with Crippen LogP contribution < -0.4 is 5.73 Å². The molecule has 0 bridgehead atoms. The van der Waals surface area contributed by atoms with Gasteiger partial charge in [-0.05, 0) is 31.2 Å². The van der Waals surface area contributed by atoms with Crippen molar-refractivity contribution in [3.8, 4) is 0 Å². The molecule has 1 atom stereocenters. The maximum absolute atomic E-state index is 11.6. The fourth-order valence-corrected chi connectivity index (χ4v) is 3.44. The molecule has 2 rings (SSSR count). The van der Waals surface area contributed by atoms with Crippen LogP contribution in [0.4, 0.5) is 4.79 Å². The van der Waals surface area contributed by atoms with Crippen LogP contribution in [0.5, 0.6) is 0 Å². The van der Waals surface area contributed by atoms with E-state index in [-0.39, 0.29) is 16.7 Å². The van der Waals surface area contributed by atoms with Gasteiger partial charge >= 0.3 is 18.0 Å². The van der Waals surface area contributed by atoms with Crippen molar-refractivity contribution < 1.29 is 29.3 Å². The van der Waals surface area contributed by atoms with Crippen molar-refractivity contribution in [1.29, 1.82) is 0 Å². The van der Waals surface area contributed by atoms with E-state index in [1.54, 1.807) is 30.3 Å². The van der Waals surface area contributed by atoms with Crippen molar-refractivity contribution in [2.45, 2.75) is 16.8 Å². The molecule has 0 aromatic heterocycles. The van der Waals surface area contributed by atoms with E-state index in [2.05, 4.69) is 0 Å². The number of amides is 1. The van der Waals surface area contributed by atoms with Crippen LogP contribution in [-0.4, -0.2) is 28.2 Å². The van der Waals surface area contributed by atoms with E-state index < -0.39 is 23.0 Å². The number of carbonyl (C=O) groups is 3. The van der Waals surface area contributed by atoms with E-state index in [1.807, 2.05) is 0 Å². The summed E-state index contributed by atoms with van der Waals surface area (Å²) < 4.78 is 5.21. The van der Waals surface area contributed by atoms with Gasteiger partial charge in [-0.15, -0.1) is 0 Å². The number of carboxylic acid groups (broad SMARTS) is 2. The minimum atomic E-state index is -1.46. The first kappa shape index (κ1) is 18.3. The first-order chi connectivity index (χ1) is 11.7. The van der Waals surface area contributed by atoms with Gasteiger partial charge in [-0.25, -0.2) is 14.4 Å². The third-order valence-corrected chi connectivity index (χ3v) is 4.54. The molecule has 0 fully saturated rings. The Bertz CT molecular complexity index is 823. The van der Waals surface area contributed by atoms with Gasteiger partial charge in [0.1, 0.15) is 0 Å². The maximum Gasteiger partial charge on any atom is 0.406 e. The van der Waals surface area contributed by atoms with Crippen LogP contribution in [0.3, 0.4) is 0 Å². The first-order valence-electron chi connectivity index (χ1n) is 7.06. The summed E-state index contributed by atoms with van der Waals surface area (Å²) in [6, 6.07) is 12.5. The van der Waals surface area contributed by atoms with E-state index in [1.165, 1.54) is 19.1 Å². The number of nitrogens with two attached hydrogens (primary N) is 1. The van der Waals surface area contributed by atoms with Gasteiger partial charge in [0.25, 0.3) is 0 Å². The van der Waals surface area contributed by atoms with E-state index >= 15 is 0 Å². The lowest BCUT2D eigenvalue weighted by molar-refractivity contribution is 0.0672. The van der Waals surface area contributed by atoms with Gasteiger partial charge in [-0.2, -0.15) is 0 Å². The molecule has 1 unspecified atom stereocenters. The number of primary amides is 1. The maximum atomic E-state index is 11.6. The number of hydrogen-bond donors (Lipinski definition) is 3. The Kier molecular flexibility index (Phi) is 5.33. The van der Waals surface area contributed by atoms with Crippen LogP contribution in [0, 0.1) is 0 Å². The van der Waals surface area contributed by atoms with Gasteiger partial charge in [-0.3, -0.25) is 0 Å². The smallest absolute Gasteiger partial charge is 0.406 e. The minimum Gasteiger partial charge on any atom is -0.478 e. The molecule has 2 aromatic carbocycles. The van der Waals surface area contributed by atoms with Crippen molar-refractivity contribution in [2.75, 3.05) is 0 Å². The number of ether oxygens (including phenoxy) is 1. The highest BCUT2D eigenvalue weighted by Crippen LogP contribution is 2.43. The summed E-state index contributed by atoms with van der Waals surface area (Å²) in [4.78, 5) is 33.3. The minimum absolute atomic E-state index is 0.123. The fraction of sp³-hybridized carbons (Fsp3) is 0.118. The number of thioether (sulfide) groups is 1. The van der Waals surface area contributed by atoms with Gasteiger partial charge in [-0.1, -0.05) is 36.0 Å². The summed E-state index contributed by atoms with van der Waals surface area (Å²) in [6.45, 7) is 1.50. The van der Waals surface area contributed by atoms with Crippen LogP contribution in [-0.2, 0) is 9.67 Å². The van der Waals surface area contributed by atoms with Crippen molar-refractivity contribution in [1.82, 2.24) is 0 Å². The highest BCUT2D eigenvalue weighted by Gasteiger charge is 2.36. The van der Waals surface area contributed by atoms with Gasteiger partial charge in [0, 0.05) is 10.5 Å². The molecule has 0 spiro atoms. The summed E-state index contributed by atoms with van der Waals surface area (Å²) in [5, 5.41) is 18.5. The normalized spacial score (nSPS) is 12.8. The molecule has 0 aliphatic heterocycles. The zero-order valence-electron chi connectivity index (χ0n) is 13.1. The number of hydrogen-bond acceptors (Lipinski definition) is 5. The topological polar surface area (TPSA) is 127 Å². The molecule has 25 heavy (non-hydrogen) atoms. The highest BCUT2D eigenvalue weighted by molar-refractivity contribution is 8.00. The third-order valence-electron chi connectivity index (χ3n) is 3.34. The second-order valence-electron chi connectivity index (χ2n) is 5.15. The standard InChI is InChI=1S/C17H15NO6S/c1-17(24-16(18)23,25-11-5-3-2-4-6-11)13-8-7-10(14(19)20)9-12(13)15(21)22/h2-9H,1H3,(H2,18,23)(H,19,20)(H,21,22). The number of carboxylic acids is 2. The summed E-state index contributed by atoms with van der Waals surface area (Å²) in [7, 11) is 0. The van der Waals surface area contributed by atoms with Gasteiger partial charge in [0.05, 0.1) is 11.1 Å². The number of carbonyl (C=O) groups excluding carboxylic acids is 1. The van der Waals surface area contributed by atoms with Crippen LogP contribution in [0.15, 0.2) is 53.4 Å². The summed E-state index contributed by atoms with van der Waals surface area (Å²) in [5.74, 6) is -2.60. The monoisotopic (exact) mass is 361 g/mol. The summed E-state index contributed by atoms with van der Waals surface area (Å²) in [6.07, 6.45) is -1.08. The highest BCUT2D eigenvalue weighted by atomic mass is 32.2.